The van der Waals surface area contributed by atoms with Crippen molar-refractivity contribution in [2.45, 2.75) is 26.2 Å². The summed E-state index contributed by atoms with van der Waals surface area (Å²) >= 11 is 0. The highest BCUT2D eigenvalue weighted by Gasteiger charge is 2.05. The Bertz CT molecular complexity index is 635. The van der Waals surface area contributed by atoms with Gasteiger partial charge in [0.05, 0.1) is 5.56 Å². The lowest BCUT2D eigenvalue weighted by Crippen LogP contribution is -2.24. The number of rotatable bonds is 8. The molecule has 0 aliphatic heterocycles. The molecule has 5 heteroatoms. The van der Waals surface area contributed by atoms with E-state index in [2.05, 4.69) is 27.4 Å². The Balaban J connectivity index is 1.90. The van der Waals surface area contributed by atoms with E-state index in [1.807, 2.05) is 44.4 Å². The zero-order valence-corrected chi connectivity index (χ0v) is 14.7. The molecule has 0 aliphatic rings. The number of carbonyl (C=O) groups excluding carboxylic acids is 1. The van der Waals surface area contributed by atoms with Gasteiger partial charge >= 0.3 is 0 Å². The van der Waals surface area contributed by atoms with Crippen LogP contribution < -0.4 is 15.5 Å². The number of unbranched alkanes of at least 4 members (excludes halogenated alkanes) is 2. The van der Waals surface area contributed by atoms with Gasteiger partial charge in [-0.2, -0.15) is 0 Å². The minimum atomic E-state index is -0.0690. The number of aromatic nitrogens is 1. The number of nitrogens with one attached hydrogen (secondary N) is 2. The topological polar surface area (TPSA) is 57.3 Å². The van der Waals surface area contributed by atoms with Crippen molar-refractivity contribution in [1.29, 1.82) is 0 Å². The number of carbonyl (C=O) groups is 1. The Morgan fingerprint density at radius 2 is 1.83 bits per heavy atom. The summed E-state index contributed by atoms with van der Waals surface area (Å²) in [7, 11) is 4.02. The zero-order valence-electron chi connectivity index (χ0n) is 14.7. The summed E-state index contributed by atoms with van der Waals surface area (Å²) in [5.41, 5.74) is 2.69. The van der Waals surface area contributed by atoms with E-state index in [4.69, 9.17) is 0 Å². The van der Waals surface area contributed by atoms with Gasteiger partial charge in [-0.25, -0.2) is 4.98 Å². The third-order valence-corrected chi connectivity index (χ3v) is 3.75. The predicted octanol–water partition coefficient (Wildman–Crippen LogP) is 3.81. The van der Waals surface area contributed by atoms with Crippen molar-refractivity contribution < 1.29 is 4.79 Å². The molecule has 0 atom stereocenters. The largest absolute Gasteiger partial charge is 0.378 e. The van der Waals surface area contributed by atoms with Gasteiger partial charge in [0, 0.05) is 38.2 Å². The second-order valence-corrected chi connectivity index (χ2v) is 5.96. The molecule has 0 aliphatic carbocycles. The van der Waals surface area contributed by atoms with Crippen molar-refractivity contribution in [2.24, 2.45) is 0 Å². The molecule has 0 fully saturated rings. The molecule has 0 radical (unpaired) electrons. The second kappa shape index (κ2) is 8.91. The number of amides is 1. The van der Waals surface area contributed by atoms with Crippen LogP contribution in [0.2, 0.25) is 0 Å². The summed E-state index contributed by atoms with van der Waals surface area (Å²) in [4.78, 5) is 18.4. The van der Waals surface area contributed by atoms with Crippen LogP contribution in [-0.2, 0) is 0 Å². The maximum atomic E-state index is 12.0. The number of hydrogen-bond acceptors (Lipinski definition) is 4. The number of anilines is 3. The molecule has 24 heavy (non-hydrogen) atoms. The SMILES string of the molecule is CCCCCNC(=O)c1ccc(Nc2ccc(N(C)C)cc2)nc1. The van der Waals surface area contributed by atoms with Gasteiger partial charge in [-0.05, 0) is 42.8 Å². The van der Waals surface area contributed by atoms with Gasteiger partial charge < -0.3 is 15.5 Å². The lowest BCUT2D eigenvalue weighted by Gasteiger charge is -2.13. The number of pyridine rings is 1. The third-order valence-electron chi connectivity index (χ3n) is 3.75. The van der Waals surface area contributed by atoms with Crippen molar-refractivity contribution in [3.8, 4) is 0 Å². The number of benzene rings is 1. The molecule has 1 heterocycles. The molecule has 1 aromatic heterocycles. The standard InChI is InChI=1S/C19H26N4O/c1-4-5-6-13-20-19(24)15-7-12-18(21-14-15)22-16-8-10-17(11-9-16)23(2)3/h7-12,14H,4-6,13H2,1-3H3,(H,20,24)(H,21,22). The Morgan fingerprint density at radius 1 is 1.08 bits per heavy atom. The monoisotopic (exact) mass is 326 g/mol. The van der Waals surface area contributed by atoms with Crippen LogP contribution in [0.1, 0.15) is 36.5 Å². The average Bonchev–Trinajstić information content (AvgIpc) is 2.59. The molecular weight excluding hydrogens is 300 g/mol. The third kappa shape index (κ3) is 5.26. The van der Waals surface area contributed by atoms with E-state index >= 15 is 0 Å². The van der Waals surface area contributed by atoms with Gasteiger partial charge in [-0.3, -0.25) is 4.79 Å². The first-order valence-electron chi connectivity index (χ1n) is 8.39. The summed E-state index contributed by atoms with van der Waals surface area (Å²) in [6, 6.07) is 11.7. The maximum Gasteiger partial charge on any atom is 0.252 e. The fourth-order valence-corrected chi connectivity index (χ4v) is 2.27. The summed E-state index contributed by atoms with van der Waals surface area (Å²) in [5, 5.41) is 6.15. The lowest BCUT2D eigenvalue weighted by molar-refractivity contribution is 0.0952. The second-order valence-electron chi connectivity index (χ2n) is 5.96. The first-order valence-corrected chi connectivity index (χ1v) is 8.39. The van der Waals surface area contributed by atoms with Gasteiger partial charge in [0.25, 0.3) is 5.91 Å². The molecule has 128 valence electrons. The van der Waals surface area contributed by atoms with Gasteiger partial charge in [0.15, 0.2) is 0 Å². The van der Waals surface area contributed by atoms with Crippen LogP contribution in [0.15, 0.2) is 42.6 Å². The average molecular weight is 326 g/mol. The maximum absolute atomic E-state index is 12.0. The van der Waals surface area contributed by atoms with E-state index in [9.17, 15) is 4.79 Å². The summed E-state index contributed by atoms with van der Waals surface area (Å²) in [6.45, 7) is 2.86. The molecule has 0 saturated heterocycles. The van der Waals surface area contributed by atoms with E-state index in [-0.39, 0.29) is 5.91 Å². The van der Waals surface area contributed by atoms with Gasteiger partial charge in [-0.15, -0.1) is 0 Å². The summed E-state index contributed by atoms with van der Waals surface area (Å²) < 4.78 is 0. The molecule has 0 unspecified atom stereocenters. The van der Waals surface area contributed by atoms with Crippen molar-refractivity contribution in [3.63, 3.8) is 0 Å². The van der Waals surface area contributed by atoms with Gasteiger partial charge in [-0.1, -0.05) is 19.8 Å². The highest BCUT2D eigenvalue weighted by molar-refractivity contribution is 5.94. The van der Waals surface area contributed by atoms with Crippen LogP contribution in [0.5, 0.6) is 0 Å². The van der Waals surface area contributed by atoms with Crippen LogP contribution in [0.3, 0.4) is 0 Å². The minimum Gasteiger partial charge on any atom is -0.378 e. The van der Waals surface area contributed by atoms with Crippen molar-refractivity contribution in [1.82, 2.24) is 10.3 Å². The van der Waals surface area contributed by atoms with Crippen LogP contribution >= 0.6 is 0 Å². The van der Waals surface area contributed by atoms with Crippen LogP contribution in [0, 0.1) is 0 Å². The van der Waals surface area contributed by atoms with Crippen molar-refractivity contribution in [2.75, 3.05) is 30.9 Å². The van der Waals surface area contributed by atoms with Crippen LogP contribution in [0.4, 0.5) is 17.2 Å². The number of nitrogens with zero attached hydrogens (tertiary/aromatic N) is 2. The van der Waals surface area contributed by atoms with E-state index in [0.29, 0.717) is 12.1 Å². The fraction of sp³-hybridized carbons (Fsp3) is 0.368. The van der Waals surface area contributed by atoms with Crippen molar-refractivity contribution >= 4 is 23.1 Å². The molecule has 2 rings (SSSR count). The zero-order chi connectivity index (χ0) is 17.4. The van der Waals surface area contributed by atoms with E-state index in [0.717, 1.165) is 36.5 Å². The quantitative estimate of drug-likeness (QED) is 0.724. The smallest absolute Gasteiger partial charge is 0.252 e. The van der Waals surface area contributed by atoms with E-state index < -0.39 is 0 Å². The highest BCUT2D eigenvalue weighted by atomic mass is 16.1. The highest BCUT2D eigenvalue weighted by Crippen LogP contribution is 2.19. The van der Waals surface area contributed by atoms with E-state index in [1.165, 1.54) is 0 Å². The molecule has 1 amide bonds. The Kier molecular flexibility index (Phi) is 6.61. The Morgan fingerprint density at radius 3 is 2.42 bits per heavy atom. The molecule has 2 N–H and O–H groups in total. The molecule has 5 nitrogen and oxygen atoms in total. The molecule has 0 spiro atoms. The first kappa shape index (κ1) is 17.8. The molecule has 0 saturated carbocycles. The molecule has 1 aromatic carbocycles. The molecule has 2 aromatic rings. The predicted molar refractivity (Wildman–Crippen MR) is 100 cm³/mol. The minimum absolute atomic E-state index is 0.0690. The Hall–Kier alpha value is -2.56. The molecular formula is C19H26N4O. The van der Waals surface area contributed by atoms with Gasteiger partial charge in [0.2, 0.25) is 0 Å². The first-order chi connectivity index (χ1) is 11.6. The summed E-state index contributed by atoms with van der Waals surface area (Å²) in [5.74, 6) is 0.649. The van der Waals surface area contributed by atoms with E-state index in [1.54, 1.807) is 12.3 Å². The van der Waals surface area contributed by atoms with Crippen LogP contribution in [0.25, 0.3) is 0 Å². The number of hydrogen-bond donors (Lipinski definition) is 2. The van der Waals surface area contributed by atoms with Crippen LogP contribution in [-0.4, -0.2) is 31.5 Å². The van der Waals surface area contributed by atoms with Gasteiger partial charge in [0.1, 0.15) is 5.82 Å². The fourth-order valence-electron chi connectivity index (χ4n) is 2.27. The Labute approximate surface area is 144 Å². The lowest BCUT2D eigenvalue weighted by atomic mass is 10.2. The normalized spacial score (nSPS) is 10.3. The molecule has 0 bridgehead atoms. The summed E-state index contributed by atoms with van der Waals surface area (Å²) in [6.07, 6.45) is 4.89. The van der Waals surface area contributed by atoms with Crippen molar-refractivity contribution in [3.05, 3.63) is 48.2 Å².